The van der Waals surface area contributed by atoms with E-state index in [4.69, 9.17) is 19.4 Å². The van der Waals surface area contributed by atoms with Crippen LogP contribution < -0.4 is 19.5 Å². The first-order valence-electron chi connectivity index (χ1n) is 20.0. The molecule has 324 valence electrons. The highest BCUT2D eigenvalue weighted by Crippen LogP contribution is 2.47. The average Bonchev–Trinajstić information content (AvgIpc) is 4.07. The number of ether oxygens (including phenoxy) is 2. The Balaban J connectivity index is 1.44. The van der Waals surface area contributed by atoms with Gasteiger partial charge in [0.2, 0.25) is 27.7 Å². The van der Waals surface area contributed by atoms with Crippen molar-refractivity contribution < 1.29 is 55.3 Å². The van der Waals surface area contributed by atoms with Gasteiger partial charge in [0.05, 0.1) is 29.9 Å². The maximum Gasteiger partial charge on any atom is 0.411 e. The second-order valence-corrected chi connectivity index (χ2v) is 19.3. The third-order valence-corrected chi connectivity index (χ3v) is 13.9. The van der Waals surface area contributed by atoms with Crippen molar-refractivity contribution in [2.24, 2.45) is 17.8 Å². The number of sulfonamides is 1. The second-order valence-electron chi connectivity index (χ2n) is 17.3. The molecule has 3 heterocycles. The Hall–Kier alpha value is -4.68. The molecule has 3 N–H and O–H groups in total. The van der Waals surface area contributed by atoms with Crippen LogP contribution in [0.25, 0.3) is 11.0 Å². The van der Waals surface area contributed by atoms with Gasteiger partial charge in [0.15, 0.2) is 0 Å². The van der Waals surface area contributed by atoms with E-state index in [2.05, 4.69) is 10.0 Å². The number of nitrogens with zero attached hydrogens (tertiary/aromatic N) is 4. The molecule has 7 atom stereocenters. The predicted molar refractivity (Wildman–Crippen MR) is 209 cm³/mol. The molecule has 6 rings (SSSR count). The van der Waals surface area contributed by atoms with E-state index in [1.54, 1.807) is 30.4 Å². The number of allylic oxidation sites excluding steroid dienone is 1. The van der Waals surface area contributed by atoms with Crippen LogP contribution >= 0.6 is 0 Å². The topological polar surface area (TPSA) is 197 Å². The van der Waals surface area contributed by atoms with E-state index >= 15 is 4.79 Å². The molecule has 1 aromatic carbocycles. The standard InChI is InChI=1S/C40H53F3N6O9S/c1-21(2)31-34(45-29-17-25(57-7)12-15-28(29)44-31)58-26-18-30-33(50)46-39(36(52)47-59(55,56)27-13-14-27)19-24(39)11-9-8-10-22(3)16-23(4)32(35(51)48(30)20-26)49(37(53)54)38(5,6)40(41,42)43/h9,11-12,15,17,21-24,26-27,30,32H,8,10,13-14,16,18-20H2,1-7H3,(H,46,50)(H,47,52)(H,53,54)/t22-,23+,24+,26+,30-,32-,39+/m0/s1. The molecule has 4 aliphatic rings. The fourth-order valence-corrected chi connectivity index (χ4v) is 9.63. The molecule has 2 aromatic rings. The highest BCUT2D eigenvalue weighted by atomic mass is 32.2. The average molecular weight is 851 g/mol. The highest BCUT2D eigenvalue weighted by Gasteiger charge is 2.63. The van der Waals surface area contributed by atoms with Gasteiger partial charge in [0.1, 0.15) is 40.7 Å². The Morgan fingerprint density at radius 3 is 2.39 bits per heavy atom. The lowest BCUT2D eigenvalue weighted by molar-refractivity contribution is -0.222. The lowest BCUT2D eigenvalue weighted by Crippen LogP contribution is -2.66. The quantitative estimate of drug-likeness (QED) is 0.277. The molecule has 2 saturated carbocycles. The third kappa shape index (κ3) is 8.80. The van der Waals surface area contributed by atoms with Gasteiger partial charge in [-0.1, -0.05) is 39.8 Å². The summed E-state index contributed by atoms with van der Waals surface area (Å²) in [5, 5.41) is 12.5. The van der Waals surface area contributed by atoms with Crippen LogP contribution in [0.5, 0.6) is 11.6 Å². The third-order valence-electron chi connectivity index (χ3n) is 12.0. The Kier molecular flexibility index (Phi) is 11.9. The van der Waals surface area contributed by atoms with Crippen LogP contribution in [0.3, 0.4) is 0 Å². The Morgan fingerprint density at radius 2 is 1.78 bits per heavy atom. The zero-order chi connectivity index (χ0) is 43.4. The van der Waals surface area contributed by atoms with E-state index in [0.29, 0.717) is 62.0 Å². The maximum absolute atomic E-state index is 15.0. The van der Waals surface area contributed by atoms with Gasteiger partial charge >= 0.3 is 12.3 Å². The molecule has 4 amide bonds. The van der Waals surface area contributed by atoms with Crippen LogP contribution in [0.1, 0.15) is 98.1 Å². The molecule has 2 aliphatic heterocycles. The summed E-state index contributed by atoms with van der Waals surface area (Å²) in [5.41, 5.74) is -3.34. The van der Waals surface area contributed by atoms with Crippen molar-refractivity contribution in [3.8, 4) is 11.6 Å². The Morgan fingerprint density at radius 1 is 1.08 bits per heavy atom. The molecule has 2 aliphatic carbocycles. The molecular weight excluding hydrogens is 798 g/mol. The molecule has 0 unspecified atom stereocenters. The molecule has 59 heavy (non-hydrogen) atoms. The zero-order valence-electron chi connectivity index (χ0n) is 34.2. The summed E-state index contributed by atoms with van der Waals surface area (Å²) in [5.74, 6) is -4.26. The summed E-state index contributed by atoms with van der Waals surface area (Å²) in [6.07, 6.45) is -2.83. The summed E-state index contributed by atoms with van der Waals surface area (Å²) < 4.78 is 83.9. The van der Waals surface area contributed by atoms with Crippen LogP contribution in [-0.4, -0.2) is 111 Å². The first-order chi connectivity index (χ1) is 27.5. The van der Waals surface area contributed by atoms with Crippen molar-refractivity contribution in [1.29, 1.82) is 0 Å². The SMILES string of the molecule is COc1ccc2nc(C(C)C)c(O[C@@H]3C[C@H]4C(=O)N[C@]5(C(=O)NS(=O)(=O)C6CC6)C[C@H]5C=CCC[C@H](C)C[C@@H](C)[C@H](N(C(=O)O)C(C)(C)C(F)(F)F)C(=O)N4C3)nc2c1. The number of amides is 4. The van der Waals surface area contributed by atoms with Gasteiger partial charge in [0.25, 0.3) is 5.91 Å². The Bertz CT molecular complexity index is 2130. The van der Waals surface area contributed by atoms with Crippen molar-refractivity contribution in [2.75, 3.05) is 13.7 Å². The van der Waals surface area contributed by atoms with Crippen LogP contribution in [-0.2, 0) is 24.4 Å². The number of alkyl halides is 3. The fourth-order valence-electron chi connectivity index (χ4n) is 8.26. The monoisotopic (exact) mass is 850 g/mol. The Labute approximate surface area is 341 Å². The summed E-state index contributed by atoms with van der Waals surface area (Å²) in [7, 11) is -2.54. The lowest BCUT2D eigenvalue weighted by Gasteiger charge is -2.45. The van der Waals surface area contributed by atoms with Crippen LogP contribution in [0.4, 0.5) is 18.0 Å². The van der Waals surface area contributed by atoms with Gasteiger partial charge in [0, 0.05) is 24.3 Å². The minimum absolute atomic E-state index is 0.0531. The summed E-state index contributed by atoms with van der Waals surface area (Å²) >= 11 is 0. The number of carboxylic acid groups (broad SMARTS) is 1. The molecule has 19 heteroatoms. The van der Waals surface area contributed by atoms with Crippen LogP contribution in [0.15, 0.2) is 30.4 Å². The van der Waals surface area contributed by atoms with E-state index < -0.39 is 86.4 Å². The number of benzene rings is 1. The van der Waals surface area contributed by atoms with E-state index in [1.807, 2.05) is 20.8 Å². The van der Waals surface area contributed by atoms with Crippen molar-refractivity contribution >= 4 is 44.9 Å². The summed E-state index contributed by atoms with van der Waals surface area (Å²) in [4.78, 5) is 67.0. The number of methoxy groups -OCH3 is 1. The number of hydrogen-bond acceptors (Lipinski definition) is 10. The van der Waals surface area contributed by atoms with Crippen LogP contribution in [0, 0.1) is 17.8 Å². The maximum atomic E-state index is 15.0. The second kappa shape index (κ2) is 16.1. The van der Waals surface area contributed by atoms with Crippen molar-refractivity contribution in [3.63, 3.8) is 0 Å². The molecule has 3 fully saturated rings. The molecule has 0 bridgehead atoms. The summed E-state index contributed by atoms with van der Waals surface area (Å²) in [6.45, 7) is 8.12. The van der Waals surface area contributed by atoms with Gasteiger partial charge in [-0.3, -0.25) is 24.0 Å². The number of aromatic nitrogens is 2. The van der Waals surface area contributed by atoms with Gasteiger partial charge in [-0.15, -0.1) is 0 Å². The highest BCUT2D eigenvalue weighted by molar-refractivity contribution is 7.91. The first kappa shape index (κ1) is 43.9. The number of carbonyl (C=O) groups is 4. The van der Waals surface area contributed by atoms with E-state index in [1.165, 1.54) is 14.0 Å². The van der Waals surface area contributed by atoms with Gasteiger partial charge in [-0.05, 0) is 76.3 Å². The van der Waals surface area contributed by atoms with Crippen molar-refractivity contribution in [3.05, 3.63) is 36.0 Å². The van der Waals surface area contributed by atoms with Crippen LogP contribution in [0.2, 0.25) is 0 Å². The van der Waals surface area contributed by atoms with Crippen molar-refractivity contribution in [2.45, 2.75) is 133 Å². The number of rotatable bonds is 9. The number of hydrogen-bond donors (Lipinski definition) is 3. The lowest BCUT2D eigenvalue weighted by atomic mass is 9.85. The van der Waals surface area contributed by atoms with Gasteiger partial charge < -0.3 is 24.8 Å². The molecule has 0 spiro atoms. The van der Waals surface area contributed by atoms with E-state index in [-0.39, 0.29) is 48.4 Å². The number of carbonyl (C=O) groups excluding carboxylic acids is 3. The zero-order valence-corrected chi connectivity index (χ0v) is 35.0. The number of nitrogens with one attached hydrogen (secondary N) is 2. The minimum Gasteiger partial charge on any atom is -0.497 e. The largest absolute Gasteiger partial charge is 0.497 e. The normalized spacial score (nSPS) is 28.2. The minimum atomic E-state index is -5.10. The van der Waals surface area contributed by atoms with Gasteiger partial charge in [-0.2, -0.15) is 13.2 Å². The van der Waals surface area contributed by atoms with Crippen molar-refractivity contribution in [1.82, 2.24) is 29.8 Å². The molecule has 15 nitrogen and oxygen atoms in total. The predicted octanol–water partition coefficient (Wildman–Crippen LogP) is 5.30. The smallest absolute Gasteiger partial charge is 0.411 e. The molecule has 0 radical (unpaired) electrons. The molecular formula is C40H53F3N6O9S. The number of fused-ring (bicyclic) bond motifs is 3. The van der Waals surface area contributed by atoms with E-state index in [0.717, 1.165) is 4.90 Å². The molecule has 1 saturated heterocycles. The fraction of sp³-hybridized carbons (Fsp3) is 0.650. The number of halogens is 3. The first-order valence-corrected chi connectivity index (χ1v) is 21.5. The molecule has 1 aromatic heterocycles. The van der Waals surface area contributed by atoms with E-state index in [9.17, 15) is 41.1 Å². The summed E-state index contributed by atoms with van der Waals surface area (Å²) in [6, 6.07) is 1.71. The van der Waals surface area contributed by atoms with Gasteiger partial charge in [-0.25, -0.2) is 23.2 Å².